The van der Waals surface area contributed by atoms with Crippen LogP contribution in [0.25, 0.3) is 0 Å². The van der Waals surface area contributed by atoms with Crippen molar-refractivity contribution in [3.63, 3.8) is 0 Å². The highest BCUT2D eigenvalue weighted by Crippen LogP contribution is 2.33. The minimum atomic E-state index is -4.63. The van der Waals surface area contributed by atoms with Gasteiger partial charge in [0.1, 0.15) is 0 Å². The van der Waals surface area contributed by atoms with Gasteiger partial charge in [-0.1, -0.05) is 11.6 Å². The number of ether oxygens (including phenoxy) is 1. The molecule has 1 saturated heterocycles. The topological polar surface area (TPSA) is 56.1 Å². The summed E-state index contributed by atoms with van der Waals surface area (Å²) in [5.41, 5.74) is -1.13. The molecule has 10 heteroatoms. The fourth-order valence-corrected chi connectivity index (χ4v) is 2.54. The maximum Gasteiger partial charge on any atom is 0.435 e. The third-order valence-corrected chi connectivity index (χ3v) is 3.71. The second kappa shape index (κ2) is 6.32. The lowest BCUT2D eigenvalue weighted by molar-refractivity contribution is -0.141. The van der Waals surface area contributed by atoms with Gasteiger partial charge < -0.3 is 9.64 Å². The zero-order valence-corrected chi connectivity index (χ0v) is 12.6. The highest BCUT2D eigenvalue weighted by Gasteiger charge is 2.36. The lowest BCUT2D eigenvalue weighted by Crippen LogP contribution is -2.33. The average Bonchev–Trinajstić information content (AvgIpc) is 2.92. The molecule has 1 unspecified atom stereocenters. The van der Waals surface area contributed by atoms with Gasteiger partial charge in [-0.15, -0.1) is 0 Å². The summed E-state index contributed by atoms with van der Waals surface area (Å²) in [6, 6.07) is 1.64. The van der Waals surface area contributed by atoms with Gasteiger partial charge in [0.15, 0.2) is 5.69 Å². The quantitative estimate of drug-likeness (QED) is 0.835. The van der Waals surface area contributed by atoms with Crippen molar-refractivity contribution in [2.24, 2.45) is 0 Å². The fraction of sp³-hybridized carbons (Fsp3) is 0.462. The molecule has 0 spiro atoms. The van der Waals surface area contributed by atoms with E-state index in [0.29, 0.717) is 26.3 Å². The molecule has 0 N–H and O–H groups in total. The summed E-state index contributed by atoms with van der Waals surface area (Å²) < 4.78 is 46.0. The number of hydrogen-bond acceptors (Lipinski definition) is 5. The van der Waals surface area contributed by atoms with Gasteiger partial charge in [-0.3, -0.25) is 4.68 Å². The van der Waals surface area contributed by atoms with Crippen molar-refractivity contribution in [1.82, 2.24) is 19.7 Å². The van der Waals surface area contributed by atoms with Crippen LogP contribution in [0.15, 0.2) is 24.7 Å². The largest absolute Gasteiger partial charge is 0.435 e. The summed E-state index contributed by atoms with van der Waals surface area (Å²) in [6.07, 6.45) is -0.239. The molecule has 1 fully saturated rings. The summed E-state index contributed by atoms with van der Waals surface area (Å²) in [5, 5.41) is 3.63. The second-order valence-electron chi connectivity index (χ2n) is 5.03. The number of nitrogens with zero attached hydrogens (tertiary/aromatic N) is 5. The predicted octanol–water partition coefficient (Wildman–Crippen LogP) is 2.42. The maximum absolute atomic E-state index is 12.9. The van der Waals surface area contributed by atoms with Crippen molar-refractivity contribution in [3.05, 3.63) is 35.4 Å². The molecule has 0 bridgehead atoms. The Kier molecular flexibility index (Phi) is 4.40. The first-order chi connectivity index (χ1) is 10.9. The van der Waals surface area contributed by atoms with Gasteiger partial charge in [-0.2, -0.15) is 18.3 Å². The number of alkyl halides is 3. The van der Waals surface area contributed by atoms with Gasteiger partial charge in [0.25, 0.3) is 0 Å². The van der Waals surface area contributed by atoms with Gasteiger partial charge in [0.2, 0.25) is 5.95 Å². The number of hydrogen-bond donors (Lipinski definition) is 0. The zero-order valence-electron chi connectivity index (χ0n) is 11.9. The van der Waals surface area contributed by atoms with Gasteiger partial charge in [-0.25, -0.2) is 9.97 Å². The van der Waals surface area contributed by atoms with Gasteiger partial charge in [0, 0.05) is 25.5 Å². The predicted molar refractivity (Wildman–Crippen MR) is 76.3 cm³/mol. The Morgan fingerprint density at radius 3 is 2.87 bits per heavy atom. The van der Waals surface area contributed by atoms with Crippen molar-refractivity contribution in [3.8, 4) is 0 Å². The van der Waals surface area contributed by atoms with Crippen molar-refractivity contribution < 1.29 is 17.9 Å². The van der Waals surface area contributed by atoms with Crippen molar-refractivity contribution in [2.75, 3.05) is 31.2 Å². The summed E-state index contributed by atoms with van der Waals surface area (Å²) in [7, 11) is 0. The molecular formula is C13H13ClF3N5O. The van der Waals surface area contributed by atoms with E-state index in [9.17, 15) is 13.2 Å². The van der Waals surface area contributed by atoms with Gasteiger partial charge in [-0.05, 0) is 6.07 Å². The number of anilines is 1. The lowest BCUT2D eigenvalue weighted by Gasteiger charge is -2.24. The molecule has 0 saturated carbocycles. The number of rotatable bonds is 2. The van der Waals surface area contributed by atoms with Crippen LogP contribution in [0, 0.1) is 0 Å². The van der Waals surface area contributed by atoms with E-state index in [1.165, 1.54) is 0 Å². The molecule has 0 aromatic carbocycles. The minimum absolute atomic E-state index is 0.0237. The molecular weight excluding hydrogens is 335 g/mol. The van der Waals surface area contributed by atoms with Crippen LogP contribution in [0.5, 0.6) is 0 Å². The molecule has 6 nitrogen and oxygen atoms in total. The van der Waals surface area contributed by atoms with E-state index in [4.69, 9.17) is 16.3 Å². The van der Waals surface area contributed by atoms with E-state index in [0.717, 1.165) is 6.20 Å². The van der Waals surface area contributed by atoms with Crippen LogP contribution in [-0.4, -0.2) is 46.1 Å². The average molecular weight is 348 g/mol. The maximum atomic E-state index is 12.9. The molecule has 1 aliphatic rings. The van der Waals surface area contributed by atoms with E-state index in [2.05, 4.69) is 15.1 Å². The number of halogens is 4. The van der Waals surface area contributed by atoms with Crippen molar-refractivity contribution >= 4 is 17.5 Å². The summed E-state index contributed by atoms with van der Waals surface area (Å²) in [4.78, 5) is 9.17. The standard InChI is InChI=1S/C13H13ClF3N5O/c14-10-6-18-12(20-11(10)13(15,16)17)21-4-5-23-8-9(7-21)22-3-1-2-19-22/h1-3,6,9H,4-5,7-8H2. The lowest BCUT2D eigenvalue weighted by atomic mass is 10.3. The molecule has 1 atom stereocenters. The normalized spacial score (nSPS) is 19.7. The Labute approximate surface area is 134 Å². The van der Waals surface area contributed by atoms with Gasteiger partial charge in [0.05, 0.1) is 30.5 Å². The van der Waals surface area contributed by atoms with Crippen LogP contribution in [0.1, 0.15) is 11.7 Å². The molecule has 124 valence electrons. The molecule has 1 aliphatic heterocycles. The zero-order chi connectivity index (χ0) is 16.4. The van der Waals surface area contributed by atoms with Crippen LogP contribution in [0.3, 0.4) is 0 Å². The molecule has 0 radical (unpaired) electrons. The molecule has 3 heterocycles. The van der Waals surface area contributed by atoms with E-state index in [1.54, 1.807) is 28.0 Å². The Balaban J connectivity index is 1.88. The number of aromatic nitrogens is 4. The highest BCUT2D eigenvalue weighted by molar-refractivity contribution is 6.31. The Morgan fingerprint density at radius 2 is 2.17 bits per heavy atom. The van der Waals surface area contributed by atoms with E-state index < -0.39 is 16.9 Å². The monoisotopic (exact) mass is 347 g/mol. The second-order valence-corrected chi connectivity index (χ2v) is 5.43. The van der Waals surface area contributed by atoms with E-state index in [1.807, 2.05) is 0 Å². The van der Waals surface area contributed by atoms with Crippen molar-refractivity contribution in [1.29, 1.82) is 0 Å². The van der Waals surface area contributed by atoms with Crippen LogP contribution < -0.4 is 4.90 Å². The first-order valence-corrected chi connectivity index (χ1v) is 7.24. The highest BCUT2D eigenvalue weighted by atomic mass is 35.5. The van der Waals surface area contributed by atoms with Crippen LogP contribution in [0.2, 0.25) is 5.02 Å². The smallest absolute Gasteiger partial charge is 0.377 e. The molecule has 0 amide bonds. The summed E-state index contributed by atoms with van der Waals surface area (Å²) >= 11 is 5.56. The van der Waals surface area contributed by atoms with Crippen LogP contribution >= 0.6 is 11.6 Å². The van der Waals surface area contributed by atoms with Crippen LogP contribution in [-0.2, 0) is 10.9 Å². The summed E-state index contributed by atoms with van der Waals surface area (Å²) in [6.45, 7) is 1.56. The SMILES string of the molecule is FC(F)(F)c1nc(N2CCOCC(n3cccn3)C2)ncc1Cl. The van der Waals surface area contributed by atoms with Crippen molar-refractivity contribution in [2.45, 2.75) is 12.2 Å². The summed E-state index contributed by atoms with van der Waals surface area (Å²) in [5.74, 6) is -0.0237. The molecule has 2 aromatic rings. The Morgan fingerprint density at radius 1 is 1.35 bits per heavy atom. The fourth-order valence-electron chi connectivity index (χ4n) is 2.34. The van der Waals surface area contributed by atoms with E-state index in [-0.39, 0.29) is 12.0 Å². The first-order valence-electron chi connectivity index (χ1n) is 6.86. The minimum Gasteiger partial charge on any atom is -0.377 e. The molecule has 3 rings (SSSR count). The first kappa shape index (κ1) is 16.0. The molecule has 2 aromatic heterocycles. The third-order valence-electron chi connectivity index (χ3n) is 3.43. The van der Waals surface area contributed by atoms with Crippen LogP contribution in [0.4, 0.5) is 19.1 Å². The Hall–Kier alpha value is -1.87. The molecule has 23 heavy (non-hydrogen) atoms. The Bertz CT molecular complexity index is 664. The third kappa shape index (κ3) is 3.56. The molecule has 0 aliphatic carbocycles. The van der Waals surface area contributed by atoms with E-state index >= 15 is 0 Å². The van der Waals surface area contributed by atoms with Gasteiger partial charge >= 0.3 is 6.18 Å².